The number of hydrogen-bond donors (Lipinski definition) is 2. The van der Waals surface area contributed by atoms with Crippen molar-refractivity contribution in [3.05, 3.63) is 40.4 Å². The molecule has 0 radical (unpaired) electrons. The van der Waals surface area contributed by atoms with Crippen molar-refractivity contribution < 1.29 is 18.0 Å². The number of halogens is 1. The van der Waals surface area contributed by atoms with E-state index in [9.17, 15) is 18.0 Å². The molecule has 0 atom stereocenters. The number of hydrazine groups is 1. The van der Waals surface area contributed by atoms with Gasteiger partial charge in [-0.05, 0) is 40.9 Å². The lowest BCUT2D eigenvalue weighted by Gasteiger charge is -2.13. The number of carbonyl (C=O) groups is 2. The van der Waals surface area contributed by atoms with Gasteiger partial charge < -0.3 is 9.13 Å². The number of nitrogens with zero attached hydrogens (tertiary/aromatic N) is 3. The van der Waals surface area contributed by atoms with E-state index in [4.69, 9.17) is 0 Å². The highest BCUT2D eigenvalue weighted by atomic mass is 79.9. The fourth-order valence-electron chi connectivity index (χ4n) is 2.97. The van der Waals surface area contributed by atoms with Gasteiger partial charge in [0.1, 0.15) is 16.3 Å². The molecule has 146 valence electrons. The van der Waals surface area contributed by atoms with Crippen molar-refractivity contribution in [2.75, 3.05) is 13.1 Å². The van der Waals surface area contributed by atoms with E-state index in [0.717, 1.165) is 17.3 Å². The molecule has 11 heteroatoms. The maximum atomic E-state index is 12.6. The van der Waals surface area contributed by atoms with E-state index in [0.29, 0.717) is 18.8 Å². The number of rotatable bonds is 4. The number of aryl methyl sites for hydroxylation is 2. The van der Waals surface area contributed by atoms with Crippen molar-refractivity contribution in [3.63, 3.8) is 0 Å². The van der Waals surface area contributed by atoms with Crippen LogP contribution in [0.1, 0.15) is 33.8 Å². The minimum atomic E-state index is -3.61. The van der Waals surface area contributed by atoms with Crippen molar-refractivity contribution >= 4 is 37.8 Å². The Kier molecular flexibility index (Phi) is 5.45. The van der Waals surface area contributed by atoms with Gasteiger partial charge in [-0.1, -0.05) is 0 Å². The van der Waals surface area contributed by atoms with E-state index >= 15 is 0 Å². The van der Waals surface area contributed by atoms with Crippen molar-refractivity contribution in [1.82, 2.24) is 24.3 Å². The second-order valence-corrected chi connectivity index (χ2v) is 9.20. The fourth-order valence-corrected chi connectivity index (χ4v) is 5.08. The molecular weight excluding hydrogens is 438 g/mol. The Bertz CT molecular complexity index is 989. The number of carbonyl (C=O) groups excluding carboxylic acids is 2. The first kappa shape index (κ1) is 19.6. The van der Waals surface area contributed by atoms with E-state index in [1.54, 1.807) is 30.9 Å². The van der Waals surface area contributed by atoms with Crippen molar-refractivity contribution in [1.29, 1.82) is 0 Å². The maximum absolute atomic E-state index is 12.6. The summed E-state index contributed by atoms with van der Waals surface area (Å²) in [6.45, 7) is 0.974. The molecule has 3 rings (SSSR count). The van der Waals surface area contributed by atoms with Crippen LogP contribution in [0.15, 0.2) is 33.9 Å². The third-order valence-electron chi connectivity index (χ3n) is 4.41. The molecule has 2 amide bonds. The van der Waals surface area contributed by atoms with E-state index in [2.05, 4.69) is 26.8 Å². The van der Waals surface area contributed by atoms with Crippen LogP contribution in [0.2, 0.25) is 0 Å². The monoisotopic (exact) mass is 457 g/mol. The minimum Gasteiger partial charge on any atom is -0.345 e. The number of amides is 2. The highest BCUT2D eigenvalue weighted by Crippen LogP contribution is 2.22. The summed E-state index contributed by atoms with van der Waals surface area (Å²) in [5.41, 5.74) is 5.12. The third-order valence-corrected chi connectivity index (χ3v) is 6.71. The van der Waals surface area contributed by atoms with Crippen LogP contribution in [-0.2, 0) is 24.1 Å². The van der Waals surface area contributed by atoms with Crippen LogP contribution >= 0.6 is 15.9 Å². The molecule has 2 aromatic rings. The van der Waals surface area contributed by atoms with Gasteiger partial charge in [0.25, 0.3) is 11.8 Å². The lowest BCUT2D eigenvalue weighted by atomic mass is 10.4. The summed E-state index contributed by atoms with van der Waals surface area (Å²) in [4.78, 5) is 24.6. The average Bonchev–Trinajstić information content (AvgIpc) is 3.32. The van der Waals surface area contributed by atoms with Gasteiger partial charge in [-0.2, -0.15) is 4.31 Å². The SMILES string of the molecule is Cn1cc(Br)cc1C(=O)NNC(=O)c1cc(S(=O)(=O)N2CCCC2)cn1C. The molecule has 27 heavy (non-hydrogen) atoms. The lowest BCUT2D eigenvalue weighted by molar-refractivity contribution is 0.0837. The number of sulfonamides is 1. The largest absolute Gasteiger partial charge is 0.345 e. The first-order valence-electron chi connectivity index (χ1n) is 8.29. The van der Waals surface area contributed by atoms with Crippen molar-refractivity contribution in [3.8, 4) is 0 Å². The van der Waals surface area contributed by atoms with Crippen LogP contribution in [0, 0.1) is 0 Å². The lowest BCUT2D eigenvalue weighted by Crippen LogP contribution is -2.42. The Hall–Kier alpha value is -2.11. The van der Waals surface area contributed by atoms with Crippen molar-refractivity contribution in [2.45, 2.75) is 17.7 Å². The van der Waals surface area contributed by atoms with Crippen LogP contribution in [0.25, 0.3) is 0 Å². The van der Waals surface area contributed by atoms with E-state index in [1.165, 1.54) is 21.1 Å². The molecule has 1 aliphatic rings. The topological polar surface area (TPSA) is 105 Å². The summed E-state index contributed by atoms with van der Waals surface area (Å²) < 4.78 is 30.4. The fraction of sp³-hybridized carbons (Fsp3) is 0.375. The van der Waals surface area contributed by atoms with Gasteiger partial charge in [0, 0.05) is 44.1 Å². The second-order valence-electron chi connectivity index (χ2n) is 6.35. The molecule has 9 nitrogen and oxygen atoms in total. The normalized spacial score (nSPS) is 15.1. The Morgan fingerprint density at radius 2 is 1.48 bits per heavy atom. The molecule has 2 aromatic heterocycles. The molecule has 2 N–H and O–H groups in total. The number of hydrogen-bond acceptors (Lipinski definition) is 4. The van der Waals surface area contributed by atoms with Gasteiger partial charge in [-0.25, -0.2) is 8.42 Å². The van der Waals surface area contributed by atoms with Gasteiger partial charge >= 0.3 is 0 Å². The Labute approximate surface area is 165 Å². The van der Waals surface area contributed by atoms with E-state index in [-0.39, 0.29) is 10.6 Å². The molecule has 0 saturated carbocycles. The third kappa shape index (κ3) is 3.94. The second kappa shape index (κ2) is 7.49. The minimum absolute atomic E-state index is 0.0646. The van der Waals surface area contributed by atoms with Crippen LogP contribution in [0.3, 0.4) is 0 Å². The van der Waals surface area contributed by atoms with Gasteiger partial charge in [0.15, 0.2) is 0 Å². The molecule has 0 aliphatic carbocycles. The molecule has 0 aromatic carbocycles. The first-order chi connectivity index (χ1) is 12.7. The summed E-state index contributed by atoms with van der Waals surface area (Å²) in [6, 6.07) is 2.93. The summed E-state index contributed by atoms with van der Waals surface area (Å²) in [7, 11) is -0.334. The van der Waals surface area contributed by atoms with Crippen molar-refractivity contribution in [2.24, 2.45) is 14.1 Å². The summed E-state index contributed by atoms with van der Waals surface area (Å²) in [6.07, 6.45) is 4.78. The zero-order valence-electron chi connectivity index (χ0n) is 14.9. The van der Waals surface area contributed by atoms with E-state index < -0.39 is 21.8 Å². The smallest absolute Gasteiger partial charge is 0.286 e. The first-order valence-corrected chi connectivity index (χ1v) is 10.5. The molecule has 1 aliphatic heterocycles. The van der Waals surface area contributed by atoms with Gasteiger partial charge in [0.05, 0.1) is 0 Å². The van der Waals surface area contributed by atoms with Crippen LogP contribution < -0.4 is 10.9 Å². The highest BCUT2D eigenvalue weighted by molar-refractivity contribution is 9.10. The van der Waals surface area contributed by atoms with Gasteiger partial charge in [-0.15, -0.1) is 0 Å². The average molecular weight is 458 g/mol. The molecule has 1 fully saturated rings. The van der Waals surface area contributed by atoms with Gasteiger partial charge in [0.2, 0.25) is 10.0 Å². The maximum Gasteiger partial charge on any atom is 0.286 e. The molecule has 3 heterocycles. The van der Waals surface area contributed by atoms with Crippen LogP contribution in [0.5, 0.6) is 0 Å². The summed E-state index contributed by atoms with van der Waals surface area (Å²) in [5.74, 6) is -1.10. The number of aromatic nitrogens is 2. The Balaban J connectivity index is 1.71. The zero-order chi connectivity index (χ0) is 19.8. The highest BCUT2D eigenvalue weighted by Gasteiger charge is 2.29. The van der Waals surface area contributed by atoms with Crippen LogP contribution in [0.4, 0.5) is 0 Å². The molecular formula is C16H20BrN5O4S. The quantitative estimate of drug-likeness (QED) is 0.667. The Morgan fingerprint density at radius 1 is 0.963 bits per heavy atom. The summed E-state index contributed by atoms with van der Waals surface area (Å²) >= 11 is 3.27. The standard InChI is InChI=1S/C16H20BrN5O4S/c1-20-9-11(17)7-13(20)15(23)18-19-16(24)14-8-12(10-21(14)2)27(25,26)22-5-3-4-6-22/h7-10H,3-6H2,1-2H3,(H,18,23)(H,19,24). The van der Waals surface area contributed by atoms with E-state index in [1.807, 2.05) is 0 Å². The number of nitrogens with one attached hydrogen (secondary N) is 2. The summed E-state index contributed by atoms with van der Waals surface area (Å²) in [5, 5.41) is 0. The predicted octanol–water partition coefficient (Wildman–Crippen LogP) is 0.985. The molecule has 0 unspecified atom stereocenters. The Morgan fingerprint density at radius 3 is 2.00 bits per heavy atom. The molecule has 1 saturated heterocycles. The zero-order valence-corrected chi connectivity index (χ0v) is 17.3. The predicted molar refractivity (Wildman–Crippen MR) is 101 cm³/mol. The van der Waals surface area contributed by atoms with Crippen LogP contribution in [-0.4, -0.2) is 46.8 Å². The molecule has 0 spiro atoms. The van der Waals surface area contributed by atoms with Gasteiger partial charge in [-0.3, -0.25) is 20.4 Å². The molecule has 0 bridgehead atoms.